The molecule has 10 nitrogen and oxygen atoms in total. The predicted molar refractivity (Wildman–Crippen MR) is 133 cm³/mol. The normalized spacial score (nSPS) is 11.4. The zero-order chi connectivity index (χ0) is 25.2. The molecule has 35 heavy (non-hydrogen) atoms. The second kappa shape index (κ2) is 12.6. The van der Waals surface area contributed by atoms with Crippen LogP contribution < -0.4 is 20.1 Å². The zero-order valence-electron chi connectivity index (χ0n) is 19.4. The Kier molecular flexibility index (Phi) is 9.27. The number of carbonyl (C=O) groups is 2. The summed E-state index contributed by atoms with van der Waals surface area (Å²) >= 11 is 1.18. The summed E-state index contributed by atoms with van der Waals surface area (Å²) in [6, 6.07) is 12.8. The monoisotopic (exact) mass is 497 g/mol. The van der Waals surface area contributed by atoms with Crippen molar-refractivity contribution in [1.82, 2.24) is 20.1 Å². The van der Waals surface area contributed by atoms with E-state index in [0.29, 0.717) is 40.3 Å². The van der Waals surface area contributed by atoms with Crippen LogP contribution in [0.1, 0.15) is 22.2 Å². The van der Waals surface area contributed by atoms with Gasteiger partial charge in [0.05, 0.1) is 26.6 Å². The van der Waals surface area contributed by atoms with Crippen LogP contribution in [0.15, 0.2) is 66.3 Å². The summed E-state index contributed by atoms with van der Waals surface area (Å²) in [5.74, 6) is 1.08. The number of carbonyl (C=O) groups excluding carboxylic acids is 2. The maximum atomic E-state index is 12.7. The molecule has 11 heteroatoms. The van der Waals surface area contributed by atoms with Crippen LogP contribution >= 0.6 is 11.8 Å². The van der Waals surface area contributed by atoms with Crippen LogP contribution in [0.25, 0.3) is 0 Å². The summed E-state index contributed by atoms with van der Waals surface area (Å²) in [6.45, 7) is 3.70. The van der Waals surface area contributed by atoms with Gasteiger partial charge in [-0.3, -0.25) is 9.59 Å². The molecule has 2 amide bonds. The van der Waals surface area contributed by atoms with Gasteiger partial charge in [0.2, 0.25) is 5.91 Å². The van der Waals surface area contributed by atoms with Crippen LogP contribution in [-0.4, -0.2) is 58.3 Å². The number of thioether (sulfide) groups is 1. The third kappa shape index (κ3) is 6.84. The summed E-state index contributed by atoms with van der Waals surface area (Å²) in [7, 11) is 3.10. The SMILES string of the molecule is C=CCn1c(SCC(=O)Nc2cccc(OC)c2)nnc1[C@H](CO)NC(=O)c1ccc(OC)cc1. The Morgan fingerprint density at radius 1 is 1.14 bits per heavy atom. The minimum Gasteiger partial charge on any atom is -0.497 e. The first-order chi connectivity index (χ1) is 17.0. The first-order valence-electron chi connectivity index (χ1n) is 10.7. The molecule has 3 rings (SSSR count). The van der Waals surface area contributed by atoms with Crippen molar-refractivity contribution in [3.8, 4) is 11.5 Å². The first-order valence-corrected chi connectivity index (χ1v) is 11.6. The maximum Gasteiger partial charge on any atom is 0.251 e. The minimum atomic E-state index is -0.808. The Morgan fingerprint density at radius 2 is 1.89 bits per heavy atom. The number of amides is 2. The molecule has 0 radical (unpaired) electrons. The summed E-state index contributed by atoms with van der Waals surface area (Å²) in [6.07, 6.45) is 1.65. The molecule has 3 N–H and O–H groups in total. The highest BCUT2D eigenvalue weighted by Crippen LogP contribution is 2.23. The zero-order valence-corrected chi connectivity index (χ0v) is 20.2. The third-order valence-corrected chi connectivity index (χ3v) is 5.86. The van der Waals surface area contributed by atoms with E-state index in [2.05, 4.69) is 27.4 Å². The number of benzene rings is 2. The lowest BCUT2D eigenvalue weighted by Crippen LogP contribution is -2.33. The topological polar surface area (TPSA) is 128 Å². The first kappa shape index (κ1) is 25.8. The lowest BCUT2D eigenvalue weighted by atomic mass is 10.2. The number of aromatic nitrogens is 3. The van der Waals surface area contributed by atoms with Crippen LogP contribution in [0.4, 0.5) is 5.69 Å². The third-order valence-electron chi connectivity index (χ3n) is 4.89. The number of nitrogens with zero attached hydrogens (tertiary/aromatic N) is 3. The lowest BCUT2D eigenvalue weighted by Gasteiger charge is -2.17. The van der Waals surface area contributed by atoms with E-state index in [-0.39, 0.29) is 17.6 Å². The van der Waals surface area contributed by atoms with Crippen molar-refractivity contribution >= 4 is 29.3 Å². The number of anilines is 1. The van der Waals surface area contributed by atoms with Gasteiger partial charge in [-0.25, -0.2) is 0 Å². The number of rotatable bonds is 12. The van der Waals surface area contributed by atoms with E-state index in [1.54, 1.807) is 73.4 Å². The van der Waals surface area contributed by atoms with E-state index < -0.39 is 12.6 Å². The number of aliphatic hydroxyl groups excluding tert-OH is 1. The van der Waals surface area contributed by atoms with Crippen molar-refractivity contribution < 1.29 is 24.2 Å². The van der Waals surface area contributed by atoms with Gasteiger partial charge < -0.3 is 29.8 Å². The van der Waals surface area contributed by atoms with Gasteiger partial charge >= 0.3 is 0 Å². The molecule has 0 spiro atoms. The number of hydrogen-bond acceptors (Lipinski definition) is 8. The smallest absolute Gasteiger partial charge is 0.251 e. The molecule has 0 saturated carbocycles. The molecular weight excluding hydrogens is 470 g/mol. The van der Waals surface area contributed by atoms with E-state index in [4.69, 9.17) is 9.47 Å². The fourth-order valence-electron chi connectivity index (χ4n) is 3.17. The van der Waals surface area contributed by atoms with Crippen molar-refractivity contribution in [2.45, 2.75) is 17.7 Å². The number of allylic oxidation sites excluding steroid dienone is 1. The Balaban J connectivity index is 1.69. The highest BCUT2D eigenvalue weighted by Gasteiger charge is 2.23. The summed E-state index contributed by atoms with van der Waals surface area (Å²) in [5, 5.41) is 24.3. The fraction of sp³-hybridized carbons (Fsp3) is 0.250. The fourth-order valence-corrected chi connectivity index (χ4v) is 3.92. The number of aliphatic hydroxyl groups is 1. The van der Waals surface area contributed by atoms with Crippen molar-refractivity contribution in [2.75, 3.05) is 31.9 Å². The molecule has 1 aromatic heterocycles. The molecule has 0 saturated heterocycles. The van der Waals surface area contributed by atoms with E-state index >= 15 is 0 Å². The van der Waals surface area contributed by atoms with Crippen molar-refractivity contribution in [3.05, 3.63) is 72.6 Å². The lowest BCUT2D eigenvalue weighted by molar-refractivity contribution is -0.113. The molecule has 0 unspecified atom stereocenters. The van der Waals surface area contributed by atoms with Crippen molar-refractivity contribution in [2.24, 2.45) is 0 Å². The second-order valence-corrected chi connectivity index (χ2v) is 8.19. The van der Waals surface area contributed by atoms with Gasteiger partial charge in [-0.05, 0) is 36.4 Å². The van der Waals surface area contributed by atoms with Crippen LogP contribution in [0.3, 0.4) is 0 Å². The average Bonchev–Trinajstić information content (AvgIpc) is 3.28. The van der Waals surface area contributed by atoms with Crippen LogP contribution in [0.5, 0.6) is 11.5 Å². The predicted octanol–water partition coefficient (Wildman–Crippen LogP) is 2.68. The Morgan fingerprint density at radius 3 is 2.54 bits per heavy atom. The molecule has 1 heterocycles. The van der Waals surface area contributed by atoms with Gasteiger partial charge in [0.1, 0.15) is 17.5 Å². The number of ether oxygens (including phenoxy) is 2. The summed E-state index contributed by atoms with van der Waals surface area (Å²) in [4.78, 5) is 25.1. The quantitative estimate of drug-likeness (QED) is 0.257. The number of nitrogens with one attached hydrogen (secondary N) is 2. The Bertz CT molecular complexity index is 1170. The second-order valence-electron chi connectivity index (χ2n) is 7.25. The Labute approximate surface area is 207 Å². The minimum absolute atomic E-state index is 0.0779. The average molecular weight is 498 g/mol. The molecule has 0 bridgehead atoms. The van der Waals surface area contributed by atoms with E-state index in [0.717, 1.165) is 0 Å². The van der Waals surface area contributed by atoms with Gasteiger partial charge in [-0.2, -0.15) is 0 Å². The van der Waals surface area contributed by atoms with Gasteiger partial charge in [0, 0.05) is 23.9 Å². The van der Waals surface area contributed by atoms with Crippen LogP contribution in [-0.2, 0) is 11.3 Å². The van der Waals surface area contributed by atoms with Gasteiger partial charge in [-0.1, -0.05) is 23.9 Å². The molecule has 0 fully saturated rings. The molecule has 184 valence electrons. The van der Waals surface area contributed by atoms with E-state index in [9.17, 15) is 14.7 Å². The molecule has 0 aliphatic heterocycles. The van der Waals surface area contributed by atoms with Crippen molar-refractivity contribution in [1.29, 1.82) is 0 Å². The Hall–Kier alpha value is -3.83. The van der Waals surface area contributed by atoms with Crippen LogP contribution in [0, 0.1) is 0 Å². The molecule has 0 aliphatic carbocycles. The van der Waals surface area contributed by atoms with Gasteiger partial charge in [-0.15, -0.1) is 16.8 Å². The van der Waals surface area contributed by atoms with Gasteiger partial charge in [0.15, 0.2) is 11.0 Å². The molecular formula is C24H27N5O5S. The maximum absolute atomic E-state index is 12.7. The van der Waals surface area contributed by atoms with Gasteiger partial charge in [0.25, 0.3) is 5.91 Å². The molecule has 3 aromatic rings. The van der Waals surface area contributed by atoms with Crippen molar-refractivity contribution in [3.63, 3.8) is 0 Å². The molecule has 1 atom stereocenters. The molecule has 0 aliphatic rings. The molecule has 2 aromatic carbocycles. The van der Waals surface area contributed by atoms with Crippen LogP contribution in [0.2, 0.25) is 0 Å². The highest BCUT2D eigenvalue weighted by atomic mass is 32.2. The number of methoxy groups -OCH3 is 2. The van der Waals surface area contributed by atoms with E-state index in [1.165, 1.54) is 11.8 Å². The number of hydrogen-bond donors (Lipinski definition) is 3. The van der Waals surface area contributed by atoms with E-state index in [1.807, 2.05) is 0 Å². The summed E-state index contributed by atoms with van der Waals surface area (Å²) < 4.78 is 12.0. The summed E-state index contributed by atoms with van der Waals surface area (Å²) in [5.41, 5.74) is 1.02. The standard InChI is InChI=1S/C24H27N5O5S/c1-4-12-29-22(20(14-30)26-23(32)16-8-10-18(33-2)11-9-16)27-28-24(29)35-15-21(31)25-17-6-5-7-19(13-17)34-3/h4-11,13,20,30H,1,12,14-15H2,2-3H3,(H,25,31)(H,26,32)/t20-/m0/s1. The largest absolute Gasteiger partial charge is 0.497 e. The highest BCUT2D eigenvalue weighted by molar-refractivity contribution is 7.99.